The quantitative estimate of drug-likeness (QED) is 0.328. The zero-order valence-corrected chi connectivity index (χ0v) is 10.0. The zero-order chi connectivity index (χ0) is 13.5. The van der Waals surface area contributed by atoms with E-state index >= 15 is 0 Å². The number of rotatable bonds is 4. The van der Waals surface area contributed by atoms with E-state index in [9.17, 15) is 14.9 Å². The van der Waals surface area contributed by atoms with Crippen molar-refractivity contribution in [2.75, 3.05) is 14.2 Å². The molecule has 0 saturated carbocycles. The van der Waals surface area contributed by atoms with E-state index in [-0.39, 0.29) is 5.70 Å². The van der Waals surface area contributed by atoms with E-state index in [1.165, 1.54) is 26.4 Å². The summed E-state index contributed by atoms with van der Waals surface area (Å²) in [7, 11) is 2.67. The van der Waals surface area contributed by atoms with Gasteiger partial charge in [-0.05, 0) is 6.08 Å². The highest BCUT2D eigenvalue weighted by Crippen LogP contribution is 2.21. The van der Waals surface area contributed by atoms with Gasteiger partial charge in [0.25, 0.3) is 5.70 Å². The predicted molar refractivity (Wildman–Crippen MR) is 64.0 cm³/mol. The average molecular weight is 251 g/mol. The van der Waals surface area contributed by atoms with E-state index in [1.54, 1.807) is 18.2 Å². The molecule has 0 heterocycles. The molecule has 0 radical (unpaired) electrons. The van der Waals surface area contributed by atoms with Gasteiger partial charge in [0.2, 0.25) is 0 Å². The number of esters is 1. The van der Waals surface area contributed by atoms with Crippen LogP contribution in [0.1, 0.15) is 0 Å². The maximum atomic E-state index is 11.0. The molecule has 0 aromatic carbocycles. The number of nitro groups is 1. The molecule has 6 nitrogen and oxygen atoms in total. The van der Waals surface area contributed by atoms with Crippen LogP contribution in [0.4, 0.5) is 0 Å². The van der Waals surface area contributed by atoms with Crippen LogP contribution in [0.5, 0.6) is 0 Å². The molecule has 0 N–H and O–H groups in total. The van der Waals surface area contributed by atoms with Crippen LogP contribution in [0.15, 0.2) is 47.9 Å². The third-order valence-electron chi connectivity index (χ3n) is 2.30. The summed E-state index contributed by atoms with van der Waals surface area (Å²) in [4.78, 5) is 21.4. The van der Waals surface area contributed by atoms with Crippen molar-refractivity contribution in [3.63, 3.8) is 0 Å². The Morgan fingerprint density at radius 1 is 1.50 bits per heavy atom. The molecule has 1 rings (SSSR count). The predicted octanol–water partition coefficient (Wildman–Crippen LogP) is 1.59. The minimum Gasteiger partial charge on any atom is -0.497 e. The fraction of sp³-hybridized carbons (Fsp3) is 0.250. The first-order valence-corrected chi connectivity index (χ1v) is 5.13. The molecule has 0 aromatic heterocycles. The minimum atomic E-state index is -0.608. The summed E-state index contributed by atoms with van der Waals surface area (Å²) in [6.45, 7) is 0. The first-order valence-electron chi connectivity index (χ1n) is 5.13. The van der Waals surface area contributed by atoms with Gasteiger partial charge in [-0.15, -0.1) is 0 Å². The average Bonchev–Trinajstić information content (AvgIpc) is 2.57. The molecule has 0 aliphatic heterocycles. The van der Waals surface area contributed by atoms with Gasteiger partial charge in [0.15, 0.2) is 0 Å². The summed E-state index contributed by atoms with van der Waals surface area (Å²) in [5.74, 6) is -0.787. The Balaban J connectivity index is 3.01. The van der Waals surface area contributed by atoms with E-state index in [2.05, 4.69) is 4.74 Å². The van der Waals surface area contributed by atoms with Crippen molar-refractivity contribution in [1.29, 1.82) is 0 Å². The molecular formula is C12H13NO5. The number of allylic oxidation sites excluding steroid dienone is 4. The maximum Gasteiger partial charge on any atom is 0.330 e. The van der Waals surface area contributed by atoms with Gasteiger partial charge in [-0.2, -0.15) is 0 Å². The highest BCUT2D eigenvalue weighted by molar-refractivity contribution is 5.81. The Hall–Kier alpha value is -2.37. The first kappa shape index (κ1) is 13.7. The highest BCUT2D eigenvalue weighted by Gasteiger charge is 2.22. The standard InChI is InChI=1S/C12H13NO5/c1-17-10-5-3-4-9(6-7-12(14)18-2)11(8-10)13(15)16/h3-9H,1-2H3/b7-6+. The van der Waals surface area contributed by atoms with Crippen LogP contribution < -0.4 is 0 Å². The third kappa shape index (κ3) is 3.58. The van der Waals surface area contributed by atoms with E-state index in [0.717, 1.165) is 6.08 Å². The Morgan fingerprint density at radius 3 is 2.78 bits per heavy atom. The van der Waals surface area contributed by atoms with Crippen molar-refractivity contribution in [3.05, 3.63) is 58.0 Å². The van der Waals surface area contributed by atoms with E-state index in [1.807, 2.05) is 0 Å². The summed E-state index contributed by atoms with van der Waals surface area (Å²) in [5.41, 5.74) is -0.0722. The van der Waals surface area contributed by atoms with E-state index in [4.69, 9.17) is 4.74 Å². The lowest BCUT2D eigenvalue weighted by Crippen LogP contribution is -2.09. The van der Waals surface area contributed by atoms with Crippen molar-refractivity contribution in [2.24, 2.45) is 5.92 Å². The van der Waals surface area contributed by atoms with Gasteiger partial charge in [0, 0.05) is 6.08 Å². The number of carbonyl (C=O) groups is 1. The Labute approximate surface area is 104 Å². The molecule has 0 spiro atoms. The van der Waals surface area contributed by atoms with Crippen LogP contribution >= 0.6 is 0 Å². The molecular weight excluding hydrogens is 238 g/mol. The molecule has 0 amide bonds. The van der Waals surface area contributed by atoms with Crippen LogP contribution in [0.25, 0.3) is 0 Å². The number of ether oxygens (including phenoxy) is 2. The summed E-state index contributed by atoms with van der Waals surface area (Å²) >= 11 is 0. The van der Waals surface area contributed by atoms with Crippen molar-refractivity contribution < 1.29 is 19.2 Å². The van der Waals surface area contributed by atoms with Gasteiger partial charge in [0.05, 0.1) is 31.1 Å². The number of hydrogen-bond donors (Lipinski definition) is 0. The van der Waals surface area contributed by atoms with Gasteiger partial charge < -0.3 is 9.47 Å². The van der Waals surface area contributed by atoms with Gasteiger partial charge in [-0.3, -0.25) is 10.1 Å². The lowest BCUT2D eigenvalue weighted by atomic mass is 10.0. The zero-order valence-electron chi connectivity index (χ0n) is 10.0. The van der Waals surface area contributed by atoms with Crippen molar-refractivity contribution in [3.8, 4) is 0 Å². The van der Waals surface area contributed by atoms with Crippen molar-refractivity contribution in [1.82, 2.24) is 0 Å². The van der Waals surface area contributed by atoms with Gasteiger partial charge in [-0.1, -0.05) is 18.2 Å². The second-order valence-electron chi connectivity index (χ2n) is 3.39. The molecule has 1 aliphatic carbocycles. The molecule has 0 saturated heterocycles. The highest BCUT2D eigenvalue weighted by atomic mass is 16.6. The van der Waals surface area contributed by atoms with Crippen LogP contribution in [-0.2, 0) is 14.3 Å². The molecule has 1 atom stereocenters. The Bertz CT molecular complexity index is 459. The van der Waals surface area contributed by atoms with Crippen LogP contribution in [-0.4, -0.2) is 25.1 Å². The second kappa shape index (κ2) is 6.39. The molecule has 1 aliphatic rings. The maximum absolute atomic E-state index is 11.0. The van der Waals surface area contributed by atoms with Gasteiger partial charge >= 0.3 is 5.97 Å². The van der Waals surface area contributed by atoms with E-state index in [0.29, 0.717) is 5.76 Å². The molecule has 0 aromatic rings. The number of methoxy groups -OCH3 is 2. The SMILES string of the molecule is COC(=O)/C=C/C1C=CC=C(OC)C=C1[N+](=O)[O-]. The molecule has 18 heavy (non-hydrogen) atoms. The lowest BCUT2D eigenvalue weighted by molar-refractivity contribution is -0.430. The first-order chi connectivity index (χ1) is 8.58. The van der Waals surface area contributed by atoms with Crippen molar-refractivity contribution >= 4 is 5.97 Å². The largest absolute Gasteiger partial charge is 0.497 e. The number of hydrogen-bond acceptors (Lipinski definition) is 5. The van der Waals surface area contributed by atoms with Crippen LogP contribution in [0.3, 0.4) is 0 Å². The number of nitrogens with zero attached hydrogens (tertiary/aromatic N) is 1. The second-order valence-corrected chi connectivity index (χ2v) is 3.39. The molecule has 96 valence electrons. The van der Waals surface area contributed by atoms with Gasteiger partial charge in [0.1, 0.15) is 5.76 Å². The number of carbonyl (C=O) groups excluding carboxylic acids is 1. The Morgan fingerprint density at radius 2 is 2.22 bits per heavy atom. The third-order valence-corrected chi connectivity index (χ3v) is 2.30. The Kier molecular flexibility index (Phi) is 4.86. The van der Waals surface area contributed by atoms with Crippen LogP contribution in [0.2, 0.25) is 0 Å². The van der Waals surface area contributed by atoms with Crippen molar-refractivity contribution in [2.45, 2.75) is 0 Å². The summed E-state index contributed by atoms with van der Waals surface area (Å²) in [6, 6.07) is 0. The normalized spacial score (nSPS) is 18.9. The van der Waals surface area contributed by atoms with Crippen LogP contribution in [0, 0.1) is 16.0 Å². The topological polar surface area (TPSA) is 78.7 Å². The fourth-order valence-corrected chi connectivity index (χ4v) is 1.37. The van der Waals surface area contributed by atoms with E-state index < -0.39 is 16.8 Å². The summed E-state index contributed by atoms with van der Waals surface area (Å²) < 4.78 is 9.39. The lowest BCUT2D eigenvalue weighted by Gasteiger charge is -2.04. The molecule has 0 bridgehead atoms. The molecule has 1 unspecified atom stereocenters. The molecule has 6 heteroatoms. The minimum absolute atomic E-state index is 0.0722. The molecule has 0 fully saturated rings. The fourth-order valence-electron chi connectivity index (χ4n) is 1.37. The summed E-state index contributed by atoms with van der Waals surface area (Å²) in [6.07, 6.45) is 8.73. The summed E-state index contributed by atoms with van der Waals surface area (Å²) in [5, 5.41) is 11.0. The smallest absolute Gasteiger partial charge is 0.330 e. The monoisotopic (exact) mass is 251 g/mol. The van der Waals surface area contributed by atoms with Gasteiger partial charge in [-0.25, -0.2) is 4.79 Å².